The van der Waals surface area contributed by atoms with Crippen molar-refractivity contribution < 1.29 is 28.2 Å². The second-order valence-electron chi connectivity index (χ2n) is 4.92. The maximum Gasteiger partial charge on any atom is 0.342 e. The van der Waals surface area contributed by atoms with Crippen LogP contribution in [0.5, 0.6) is 11.5 Å². The van der Waals surface area contributed by atoms with Gasteiger partial charge in [-0.1, -0.05) is 11.6 Å². The predicted molar refractivity (Wildman–Crippen MR) is 90.0 cm³/mol. The molecule has 2 aromatic carbocycles. The number of hydrogen-bond acceptors (Lipinski definition) is 6. The van der Waals surface area contributed by atoms with E-state index in [1.165, 1.54) is 32.4 Å². The highest BCUT2D eigenvalue weighted by Crippen LogP contribution is 2.29. The molecule has 0 spiro atoms. The summed E-state index contributed by atoms with van der Waals surface area (Å²) >= 11 is 5.89. The summed E-state index contributed by atoms with van der Waals surface area (Å²) in [6.07, 6.45) is 0. The van der Waals surface area contributed by atoms with E-state index in [1.54, 1.807) is 0 Å². The molecule has 0 aliphatic heterocycles. The van der Waals surface area contributed by atoms with Gasteiger partial charge in [-0.05, 0) is 24.3 Å². The Balaban J connectivity index is 2.16. The van der Waals surface area contributed by atoms with E-state index >= 15 is 0 Å². The van der Waals surface area contributed by atoms with Gasteiger partial charge in [0.1, 0.15) is 22.9 Å². The van der Waals surface area contributed by atoms with Crippen molar-refractivity contribution in [2.75, 3.05) is 26.6 Å². The molecule has 0 aromatic heterocycles. The van der Waals surface area contributed by atoms with Crippen LogP contribution in [0, 0.1) is 5.82 Å². The Labute approximate surface area is 148 Å². The average Bonchev–Trinajstić information content (AvgIpc) is 2.61. The van der Waals surface area contributed by atoms with Crippen LogP contribution in [-0.4, -0.2) is 32.6 Å². The molecule has 0 atom stereocenters. The molecular weight excluding hydrogens is 353 g/mol. The number of methoxy groups -OCH3 is 2. The van der Waals surface area contributed by atoms with Crippen LogP contribution in [0.4, 0.5) is 10.1 Å². The maximum atomic E-state index is 13.3. The van der Waals surface area contributed by atoms with Crippen LogP contribution in [0.25, 0.3) is 0 Å². The zero-order valence-electron chi connectivity index (χ0n) is 13.5. The summed E-state index contributed by atoms with van der Waals surface area (Å²) in [6, 6.07) is 6.13. The number of ether oxygens (including phenoxy) is 3. The highest BCUT2D eigenvalue weighted by atomic mass is 35.5. The number of benzene rings is 2. The molecule has 6 nitrogen and oxygen atoms in total. The first-order valence-electron chi connectivity index (χ1n) is 7.04. The molecule has 2 rings (SSSR count). The lowest BCUT2D eigenvalue weighted by atomic mass is 10.1. The van der Waals surface area contributed by atoms with Gasteiger partial charge in [0.15, 0.2) is 6.61 Å². The van der Waals surface area contributed by atoms with Crippen LogP contribution < -0.4 is 15.2 Å². The first-order valence-corrected chi connectivity index (χ1v) is 7.42. The third kappa shape index (κ3) is 4.19. The summed E-state index contributed by atoms with van der Waals surface area (Å²) in [5.41, 5.74) is 5.86. The van der Waals surface area contributed by atoms with Crippen LogP contribution in [-0.2, 0) is 4.74 Å². The minimum atomic E-state index is -0.831. The van der Waals surface area contributed by atoms with Gasteiger partial charge in [-0.2, -0.15) is 0 Å². The first-order chi connectivity index (χ1) is 11.9. The topological polar surface area (TPSA) is 87.9 Å². The summed E-state index contributed by atoms with van der Waals surface area (Å²) in [6.45, 7) is -0.607. The van der Waals surface area contributed by atoms with Gasteiger partial charge in [-0.3, -0.25) is 4.79 Å². The molecule has 0 heterocycles. The lowest BCUT2D eigenvalue weighted by Crippen LogP contribution is -2.16. The monoisotopic (exact) mass is 367 g/mol. The quantitative estimate of drug-likeness (QED) is 0.479. The van der Waals surface area contributed by atoms with Crippen molar-refractivity contribution in [3.05, 3.63) is 52.3 Å². The van der Waals surface area contributed by atoms with Gasteiger partial charge in [0.2, 0.25) is 5.78 Å². The molecule has 0 aliphatic rings. The van der Waals surface area contributed by atoms with Gasteiger partial charge in [0, 0.05) is 6.07 Å². The molecule has 0 saturated carbocycles. The van der Waals surface area contributed by atoms with Crippen LogP contribution in [0.1, 0.15) is 20.7 Å². The van der Waals surface area contributed by atoms with E-state index in [1.807, 2.05) is 0 Å². The zero-order chi connectivity index (χ0) is 18.6. The summed E-state index contributed by atoms with van der Waals surface area (Å²) in [4.78, 5) is 24.4. The van der Waals surface area contributed by atoms with Crippen molar-refractivity contribution in [1.29, 1.82) is 0 Å². The van der Waals surface area contributed by atoms with Crippen molar-refractivity contribution in [3.63, 3.8) is 0 Å². The number of rotatable bonds is 6. The molecule has 0 bridgehead atoms. The maximum absolute atomic E-state index is 13.3. The summed E-state index contributed by atoms with van der Waals surface area (Å²) in [5.74, 6) is -1.73. The van der Waals surface area contributed by atoms with Crippen molar-refractivity contribution in [2.45, 2.75) is 0 Å². The summed E-state index contributed by atoms with van der Waals surface area (Å²) in [5, 5.41) is 0.144. The fourth-order valence-electron chi connectivity index (χ4n) is 2.08. The van der Waals surface area contributed by atoms with E-state index < -0.39 is 24.2 Å². The van der Waals surface area contributed by atoms with Crippen molar-refractivity contribution in [3.8, 4) is 11.5 Å². The van der Waals surface area contributed by atoms with E-state index in [0.717, 1.165) is 12.1 Å². The van der Waals surface area contributed by atoms with E-state index in [2.05, 4.69) is 0 Å². The van der Waals surface area contributed by atoms with Gasteiger partial charge in [0.05, 0.1) is 30.5 Å². The molecule has 2 N–H and O–H groups in total. The predicted octanol–water partition coefficient (Wildman–Crippen LogP) is 3.12. The molecule has 8 heteroatoms. The Morgan fingerprint density at radius 2 is 1.76 bits per heavy atom. The Kier molecular flexibility index (Phi) is 5.82. The number of carbonyl (C=O) groups excluding carboxylic acids is 2. The number of halogens is 2. The molecule has 0 fully saturated rings. The van der Waals surface area contributed by atoms with Gasteiger partial charge in [-0.25, -0.2) is 9.18 Å². The molecule has 0 saturated heterocycles. The molecule has 132 valence electrons. The van der Waals surface area contributed by atoms with Crippen molar-refractivity contribution in [2.24, 2.45) is 0 Å². The second kappa shape index (κ2) is 7.85. The number of ketones is 1. The fourth-order valence-corrected chi connectivity index (χ4v) is 2.25. The number of anilines is 1. The fraction of sp³-hybridized carbons (Fsp3) is 0.176. The molecular formula is C17H15ClFNO5. The normalized spacial score (nSPS) is 10.2. The highest BCUT2D eigenvalue weighted by Gasteiger charge is 2.20. The van der Waals surface area contributed by atoms with Gasteiger partial charge in [0.25, 0.3) is 0 Å². The molecule has 0 radical (unpaired) electrons. The van der Waals surface area contributed by atoms with Crippen LogP contribution >= 0.6 is 11.6 Å². The zero-order valence-corrected chi connectivity index (χ0v) is 14.2. The van der Waals surface area contributed by atoms with Crippen LogP contribution in [0.15, 0.2) is 30.3 Å². The number of carbonyl (C=O) groups is 2. The minimum Gasteiger partial charge on any atom is -0.496 e. The first kappa shape index (κ1) is 18.5. The van der Waals surface area contributed by atoms with E-state index in [9.17, 15) is 14.0 Å². The number of hydrogen-bond donors (Lipinski definition) is 1. The van der Waals surface area contributed by atoms with Gasteiger partial charge in [-0.15, -0.1) is 0 Å². The highest BCUT2D eigenvalue weighted by molar-refractivity contribution is 6.33. The average molecular weight is 368 g/mol. The Morgan fingerprint density at radius 1 is 1.08 bits per heavy atom. The largest absolute Gasteiger partial charge is 0.496 e. The third-order valence-corrected chi connectivity index (χ3v) is 3.66. The number of Topliss-reactive ketones (excluding diaryl/α,β-unsaturated/α-hetero) is 1. The van der Waals surface area contributed by atoms with E-state index in [0.29, 0.717) is 0 Å². The summed E-state index contributed by atoms with van der Waals surface area (Å²) < 4.78 is 28.4. The molecule has 25 heavy (non-hydrogen) atoms. The Morgan fingerprint density at radius 3 is 2.40 bits per heavy atom. The van der Waals surface area contributed by atoms with Crippen LogP contribution in [0.3, 0.4) is 0 Å². The van der Waals surface area contributed by atoms with Crippen molar-refractivity contribution >= 4 is 29.0 Å². The molecule has 2 aromatic rings. The Bertz CT molecular complexity index is 825. The number of nitrogen functional groups attached to an aromatic ring is 1. The minimum absolute atomic E-state index is 0.0145. The Hall–Kier alpha value is -2.80. The molecule has 0 unspecified atom stereocenters. The number of esters is 1. The lowest BCUT2D eigenvalue weighted by Gasteiger charge is -2.11. The summed E-state index contributed by atoms with van der Waals surface area (Å²) in [7, 11) is 2.69. The number of nitrogens with two attached hydrogens (primary N) is 1. The lowest BCUT2D eigenvalue weighted by molar-refractivity contribution is 0.0470. The smallest absolute Gasteiger partial charge is 0.342 e. The SMILES string of the molecule is COc1ccc(F)cc1C(=O)COC(=O)c1cc(Cl)c(N)cc1OC. The standard InChI is InChI=1S/C17H15ClFNO5/c1-23-15-4-3-9(19)5-10(15)14(21)8-25-17(22)11-6-12(18)13(20)7-16(11)24-2/h3-7H,8,20H2,1-2H3. The molecule has 0 amide bonds. The van der Waals surface area contributed by atoms with Crippen molar-refractivity contribution in [1.82, 2.24) is 0 Å². The third-order valence-electron chi connectivity index (χ3n) is 3.34. The van der Waals surface area contributed by atoms with Gasteiger partial charge >= 0.3 is 5.97 Å². The van der Waals surface area contributed by atoms with Crippen LogP contribution in [0.2, 0.25) is 5.02 Å². The van der Waals surface area contributed by atoms with Gasteiger partial charge < -0.3 is 19.9 Å². The van der Waals surface area contributed by atoms with E-state index in [4.69, 9.17) is 31.5 Å². The van der Waals surface area contributed by atoms with E-state index in [-0.39, 0.29) is 33.3 Å². The second-order valence-corrected chi connectivity index (χ2v) is 5.33. The molecule has 0 aliphatic carbocycles.